The molecule has 5 heteroatoms. The number of hydrogen-bond donors (Lipinski definition) is 1. The Kier molecular flexibility index (Phi) is 5.00. The van der Waals surface area contributed by atoms with Gasteiger partial charge in [0.15, 0.2) is 0 Å². The highest BCUT2D eigenvalue weighted by Gasteiger charge is 2.19. The van der Waals surface area contributed by atoms with Crippen molar-refractivity contribution in [1.29, 1.82) is 0 Å². The molecule has 1 heterocycles. The van der Waals surface area contributed by atoms with Gasteiger partial charge in [0.2, 0.25) is 5.76 Å². The number of rotatable bonds is 6. The molecule has 112 valence electrons. The lowest BCUT2D eigenvalue weighted by atomic mass is 10.0. The maximum atomic E-state index is 11.4. The van der Waals surface area contributed by atoms with Crippen LogP contribution in [0, 0.1) is 0 Å². The number of furan rings is 1. The van der Waals surface area contributed by atoms with Crippen molar-refractivity contribution < 1.29 is 18.7 Å². The Balaban J connectivity index is 2.20. The molecule has 0 amide bonds. The van der Waals surface area contributed by atoms with Crippen molar-refractivity contribution in [3.05, 3.63) is 53.5 Å². The maximum Gasteiger partial charge on any atom is 0.373 e. The van der Waals surface area contributed by atoms with Gasteiger partial charge in [-0.3, -0.25) is 0 Å². The number of esters is 1. The standard InChI is InChI=1S/C16H19NO4/c1-17-12(10-11-6-4-5-7-13(11)19-2)14-8-9-15(21-14)16(18)20-3/h4-9,12,17H,10H2,1-3H3. The van der Waals surface area contributed by atoms with E-state index in [-0.39, 0.29) is 11.8 Å². The van der Waals surface area contributed by atoms with Crippen LogP contribution in [0.1, 0.15) is 27.9 Å². The summed E-state index contributed by atoms with van der Waals surface area (Å²) in [6.45, 7) is 0. The number of ether oxygens (including phenoxy) is 2. The van der Waals surface area contributed by atoms with Crippen molar-refractivity contribution in [3.8, 4) is 5.75 Å². The summed E-state index contributed by atoms with van der Waals surface area (Å²) in [4.78, 5) is 11.4. The molecule has 0 bridgehead atoms. The smallest absolute Gasteiger partial charge is 0.373 e. The fraction of sp³-hybridized carbons (Fsp3) is 0.312. The number of methoxy groups -OCH3 is 2. The van der Waals surface area contributed by atoms with E-state index in [1.165, 1.54) is 7.11 Å². The number of para-hydroxylation sites is 1. The van der Waals surface area contributed by atoms with Gasteiger partial charge in [0.05, 0.1) is 20.3 Å². The number of hydrogen-bond acceptors (Lipinski definition) is 5. The van der Waals surface area contributed by atoms with E-state index >= 15 is 0 Å². The molecule has 1 atom stereocenters. The van der Waals surface area contributed by atoms with Crippen molar-refractivity contribution >= 4 is 5.97 Å². The molecule has 5 nitrogen and oxygen atoms in total. The molecular formula is C16H19NO4. The predicted octanol–water partition coefficient (Wildman–Crippen LogP) is 2.58. The number of carbonyl (C=O) groups excluding carboxylic acids is 1. The molecule has 0 radical (unpaired) electrons. The molecule has 0 saturated heterocycles. The van der Waals surface area contributed by atoms with Gasteiger partial charge in [0.25, 0.3) is 0 Å². The van der Waals surface area contributed by atoms with Crippen LogP contribution in [0.25, 0.3) is 0 Å². The van der Waals surface area contributed by atoms with Crippen LogP contribution in [0.5, 0.6) is 5.75 Å². The average molecular weight is 289 g/mol. The Morgan fingerprint density at radius 3 is 2.67 bits per heavy atom. The molecule has 2 aromatic rings. The number of carbonyl (C=O) groups is 1. The van der Waals surface area contributed by atoms with Gasteiger partial charge in [-0.05, 0) is 37.2 Å². The van der Waals surface area contributed by atoms with Crippen LogP contribution < -0.4 is 10.1 Å². The monoisotopic (exact) mass is 289 g/mol. The third-order valence-electron chi connectivity index (χ3n) is 3.32. The molecule has 0 aliphatic carbocycles. The Hall–Kier alpha value is -2.27. The van der Waals surface area contributed by atoms with Gasteiger partial charge in [-0.2, -0.15) is 0 Å². The number of nitrogens with one attached hydrogen (secondary N) is 1. The van der Waals surface area contributed by atoms with E-state index in [1.807, 2.05) is 31.3 Å². The zero-order valence-corrected chi connectivity index (χ0v) is 12.4. The Morgan fingerprint density at radius 2 is 2.00 bits per heavy atom. The third-order valence-corrected chi connectivity index (χ3v) is 3.32. The van der Waals surface area contributed by atoms with Crippen LogP contribution in [-0.4, -0.2) is 27.2 Å². The Labute approximate surface area is 123 Å². The molecule has 1 unspecified atom stereocenters. The van der Waals surface area contributed by atoms with Crippen molar-refractivity contribution in [2.45, 2.75) is 12.5 Å². The summed E-state index contributed by atoms with van der Waals surface area (Å²) >= 11 is 0. The fourth-order valence-corrected chi connectivity index (χ4v) is 2.19. The van der Waals surface area contributed by atoms with Crippen molar-refractivity contribution in [1.82, 2.24) is 5.32 Å². The van der Waals surface area contributed by atoms with E-state index in [2.05, 4.69) is 10.1 Å². The summed E-state index contributed by atoms with van der Waals surface area (Å²) in [7, 11) is 4.82. The highest BCUT2D eigenvalue weighted by atomic mass is 16.5. The van der Waals surface area contributed by atoms with Gasteiger partial charge in [-0.1, -0.05) is 18.2 Å². The first-order valence-corrected chi connectivity index (χ1v) is 6.66. The fourth-order valence-electron chi connectivity index (χ4n) is 2.19. The lowest BCUT2D eigenvalue weighted by molar-refractivity contribution is 0.0562. The Bertz CT molecular complexity index is 606. The van der Waals surface area contributed by atoms with Crippen LogP contribution in [0.15, 0.2) is 40.8 Å². The lowest BCUT2D eigenvalue weighted by Crippen LogP contribution is -2.18. The normalized spacial score (nSPS) is 12.0. The number of benzene rings is 1. The van der Waals surface area contributed by atoms with Gasteiger partial charge in [-0.25, -0.2) is 4.79 Å². The molecule has 1 aromatic heterocycles. The zero-order valence-electron chi connectivity index (χ0n) is 12.4. The number of likely N-dealkylation sites (N-methyl/N-ethyl adjacent to an activating group) is 1. The van der Waals surface area contributed by atoms with Crippen molar-refractivity contribution in [2.24, 2.45) is 0 Å². The summed E-state index contributed by atoms with van der Waals surface area (Å²) < 4.78 is 15.6. The molecule has 2 rings (SSSR count). The summed E-state index contributed by atoms with van der Waals surface area (Å²) in [5.74, 6) is 1.24. The second-order valence-electron chi connectivity index (χ2n) is 4.55. The summed E-state index contributed by atoms with van der Waals surface area (Å²) in [6.07, 6.45) is 0.689. The van der Waals surface area contributed by atoms with Crippen LogP contribution >= 0.6 is 0 Å². The molecule has 0 spiro atoms. The molecule has 21 heavy (non-hydrogen) atoms. The van der Waals surface area contributed by atoms with Gasteiger partial charge >= 0.3 is 5.97 Å². The second-order valence-corrected chi connectivity index (χ2v) is 4.55. The largest absolute Gasteiger partial charge is 0.496 e. The van der Waals surface area contributed by atoms with Gasteiger partial charge in [0.1, 0.15) is 11.5 Å². The van der Waals surface area contributed by atoms with Crippen LogP contribution in [0.3, 0.4) is 0 Å². The first-order chi connectivity index (χ1) is 10.2. The van der Waals surface area contributed by atoms with Gasteiger partial charge < -0.3 is 19.2 Å². The van der Waals surface area contributed by atoms with Crippen molar-refractivity contribution in [2.75, 3.05) is 21.3 Å². The van der Waals surface area contributed by atoms with Crippen LogP contribution in [0.2, 0.25) is 0 Å². The van der Waals surface area contributed by atoms with E-state index in [9.17, 15) is 4.79 Å². The van der Waals surface area contributed by atoms with Crippen molar-refractivity contribution in [3.63, 3.8) is 0 Å². The first kappa shape index (κ1) is 15.1. The van der Waals surface area contributed by atoms with Crippen LogP contribution in [0.4, 0.5) is 0 Å². The molecule has 0 aliphatic heterocycles. The summed E-state index contributed by atoms with van der Waals surface area (Å²) in [5.41, 5.74) is 1.07. The topological polar surface area (TPSA) is 60.7 Å². The molecule has 1 N–H and O–H groups in total. The summed E-state index contributed by atoms with van der Waals surface area (Å²) in [5, 5.41) is 3.19. The molecule has 0 saturated carbocycles. The second kappa shape index (κ2) is 6.95. The summed E-state index contributed by atoms with van der Waals surface area (Å²) in [6, 6.07) is 11.2. The molecule has 1 aromatic carbocycles. The van der Waals surface area contributed by atoms with Gasteiger partial charge in [-0.15, -0.1) is 0 Å². The molecular weight excluding hydrogens is 270 g/mol. The van der Waals surface area contributed by atoms with Gasteiger partial charge in [0, 0.05) is 0 Å². The highest BCUT2D eigenvalue weighted by molar-refractivity contribution is 5.86. The quantitative estimate of drug-likeness (QED) is 0.828. The van der Waals surface area contributed by atoms with E-state index < -0.39 is 5.97 Å². The lowest BCUT2D eigenvalue weighted by Gasteiger charge is -2.15. The van der Waals surface area contributed by atoms with E-state index in [0.29, 0.717) is 12.2 Å². The Morgan fingerprint density at radius 1 is 1.24 bits per heavy atom. The molecule has 0 fully saturated rings. The van der Waals surface area contributed by atoms with E-state index in [0.717, 1.165) is 11.3 Å². The minimum atomic E-state index is -0.478. The first-order valence-electron chi connectivity index (χ1n) is 6.66. The zero-order chi connectivity index (χ0) is 15.2. The highest BCUT2D eigenvalue weighted by Crippen LogP contribution is 2.26. The van der Waals surface area contributed by atoms with E-state index in [4.69, 9.17) is 9.15 Å². The minimum Gasteiger partial charge on any atom is -0.496 e. The predicted molar refractivity (Wildman–Crippen MR) is 78.5 cm³/mol. The maximum absolute atomic E-state index is 11.4. The average Bonchev–Trinajstić information content (AvgIpc) is 3.01. The minimum absolute atomic E-state index is 0.0558. The third kappa shape index (κ3) is 3.44. The van der Waals surface area contributed by atoms with E-state index in [1.54, 1.807) is 19.2 Å². The SMILES string of the molecule is CNC(Cc1ccccc1OC)c1ccc(C(=O)OC)o1. The molecule has 0 aliphatic rings. The van der Waals surface area contributed by atoms with Crippen LogP contribution in [-0.2, 0) is 11.2 Å².